The highest BCUT2D eigenvalue weighted by Crippen LogP contribution is 2.38. The van der Waals surface area contributed by atoms with Gasteiger partial charge in [0.15, 0.2) is 5.13 Å². The van der Waals surface area contributed by atoms with Crippen LogP contribution in [0.1, 0.15) is 11.3 Å². The van der Waals surface area contributed by atoms with Gasteiger partial charge >= 0.3 is 6.18 Å². The van der Waals surface area contributed by atoms with Crippen LogP contribution in [-0.4, -0.2) is 42.3 Å². The van der Waals surface area contributed by atoms with Crippen LogP contribution in [0.3, 0.4) is 0 Å². The van der Waals surface area contributed by atoms with Crippen molar-refractivity contribution in [2.75, 3.05) is 37.0 Å². The fraction of sp³-hybridized carbons (Fsp3) is 0.304. The Morgan fingerprint density at radius 1 is 1.23 bits per heavy atom. The van der Waals surface area contributed by atoms with Gasteiger partial charge in [0.05, 0.1) is 24.3 Å². The maximum atomic E-state index is 13.2. The highest BCUT2D eigenvalue weighted by atomic mass is 32.2. The first-order valence-electron chi connectivity index (χ1n) is 10.5. The summed E-state index contributed by atoms with van der Waals surface area (Å²) >= 11 is 1.13. The SMILES string of the molecule is COc1ccc(C(F)(F)F)cc1-c1ccc(N2CC(C(=O)N(C)c3nc(C)c(S(N)=O)s3)C2)cc1. The summed E-state index contributed by atoms with van der Waals surface area (Å²) in [5.41, 5.74) is 1.60. The molecule has 2 N–H and O–H groups in total. The number of methoxy groups -OCH3 is 1. The number of thiazole rings is 1. The number of carbonyl (C=O) groups excluding carboxylic acids is 1. The summed E-state index contributed by atoms with van der Waals surface area (Å²) < 4.78 is 56.8. The molecule has 0 bridgehead atoms. The number of anilines is 2. The molecule has 0 radical (unpaired) electrons. The summed E-state index contributed by atoms with van der Waals surface area (Å²) in [7, 11) is 1.39. The molecule has 3 aromatic rings. The molecule has 1 amide bonds. The Hall–Kier alpha value is -2.96. The van der Waals surface area contributed by atoms with Crippen molar-refractivity contribution in [2.45, 2.75) is 17.3 Å². The molecule has 0 aliphatic carbocycles. The van der Waals surface area contributed by atoms with E-state index in [1.165, 1.54) is 18.1 Å². The van der Waals surface area contributed by atoms with Gasteiger partial charge in [0.2, 0.25) is 5.91 Å². The average molecular weight is 525 g/mol. The van der Waals surface area contributed by atoms with Crippen molar-refractivity contribution in [3.63, 3.8) is 0 Å². The Bertz CT molecular complexity index is 1270. The zero-order chi connectivity index (χ0) is 25.5. The molecule has 2 heterocycles. The number of aromatic nitrogens is 1. The first-order chi connectivity index (χ1) is 16.5. The number of alkyl halides is 3. The molecule has 35 heavy (non-hydrogen) atoms. The second kappa shape index (κ2) is 9.59. The quantitative estimate of drug-likeness (QED) is 0.522. The number of nitrogens with two attached hydrogens (primary N) is 1. The van der Waals surface area contributed by atoms with Gasteiger partial charge in [-0.25, -0.2) is 14.3 Å². The van der Waals surface area contributed by atoms with E-state index in [1.807, 2.05) is 17.0 Å². The fourth-order valence-electron chi connectivity index (χ4n) is 3.87. The van der Waals surface area contributed by atoms with Crippen molar-refractivity contribution in [3.05, 3.63) is 53.7 Å². The van der Waals surface area contributed by atoms with E-state index in [0.717, 1.165) is 29.2 Å². The fourth-order valence-corrected chi connectivity index (χ4v) is 5.53. The molecule has 12 heteroatoms. The number of nitrogens with zero attached hydrogens (tertiary/aromatic N) is 3. The minimum absolute atomic E-state index is 0.102. The molecule has 1 fully saturated rings. The molecule has 7 nitrogen and oxygen atoms in total. The van der Waals surface area contributed by atoms with Gasteiger partial charge in [-0.3, -0.25) is 9.69 Å². The van der Waals surface area contributed by atoms with Gasteiger partial charge in [0.1, 0.15) is 20.9 Å². The van der Waals surface area contributed by atoms with Crippen LogP contribution in [0.15, 0.2) is 46.7 Å². The number of amides is 1. The minimum atomic E-state index is -4.45. The smallest absolute Gasteiger partial charge is 0.416 e. The lowest BCUT2D eigenvalue weighted by atomic mass is 9.96. The van der Waals surface area contributed by atoms with Crippen molar-refractivity contribution in [1.29, 1.82) is 0 Å². The average Bonchev–Trinajstić information content (AvgIpc) is 3.18. The van der Waals surface area contributed by atoms with E-state index in [0.29, 0.717) is 45.0 Å². The number of aryl methyl sites for hydroxylation is 1. The molecule has 1 aromatic heterocycles. The molecule has 0 spiro atoms. The van der Waals surface area contributed by atoms with E-state index >= 15 is 0 Å². The third-order valence-corrected chi connectivity index (χ3v) is 8.28. The molecule has 0 saturated carbocycles. The van der Waals surface area contributed by atoms with Gasteiger partial charge in [-0.2, -0.15) is 13.2 Å². The number of hydrogen-bond acceptors (Lipinski definition) is 6. The molecule has 1 aliphatic heterocycles. The first-order valence-corrected chi connectivity index (χ1v) is 12.5. The van der Waals surface area contributed by atoms with Crippen LogP contribution >= 0.6 is 11.3 Å². The largest absolute Gasteiger partial charge is 0.496 e. The topological polar surface area (TPSA) is 88.8 Å². The van der Waals surface area contributed by atoms with E-state index in [1.54, 1.807) is 26.1 Å². The third-order valence-electron chi connectivity index (χ3n) is 5.84. The lowest BCUT2D eigenvalue weighted by Crippen LogP contribution is -2.54. The van der Waals surface area contributed by atoms with Gasteiger partial charge in [-0.15, -0.1) is 0 Å². The van der Waals surface area contributed by atoms with E-state index in [2.05, 4.69) is 4.98 Å². The van der Waals surface area contributed by atoms with E-state index in [4.69, 9.17) is 9.88 Å². The summed E-state index contributed by atoms with van der Waals surface area (Å²) in [4.78, 5) is 20.6. The standard InChI is InChI=1S/C23H23F3N4O3S2/c1-13-21(35(27)32)34-22(28-13)29(2)20(31)15-11-30(12-15)17-7-4-14(5-8-17)18-10-16(23(24,25)26)6-9-19(18)33-3/h4-10,15H,11-12,27H2,1-3H3. The van der Waals surface area contributed by atoms with Crippen LogP contribution in [0.25, 0.3) is 11.1 Å². The van der Waals surface area contributed by atoms with Gasteiger partial charge in [0, 0.05) is 31.4 Å². The third kappa shape index (κ3) is 5.04. The molecule has 1 saturated heterocycles. The van der Waals surface area contributed by atoms with Crippen LogP contribution < -0.4 is 19.7 Å². The molecular formula is C23H23F3N4O3S2. The van der Waals surface area contributed by atoms with Crippen molar-refractivity contribution in [1.82, 2.24) is 4.98 Å². The molecule has 4 rings (SSSR count). The summed E-state index contributed by atoms with van der Waals surface area (Å²) in [5.74, 6) is 0.0105. The number of carbonyl (C=O) groups is 1. The second-order valence-electron chi connectivity index (χ2n) is 8.13. The van der Waals surface area contributed by atoms with Crippen molar-refractivity contribution < 1.29 is 26.9 Å². The normalized spacial score (nSPS) is 15.0. The predicted octanol–water partition coefficient (Wildman–Crippen LogP) is 4.23. The van der Waals surface area contributed by atoms with E-state index in [9.17, 15) is 22.2 Å². The molecule has 1 unspecified atom stereocenters. The predicted molar refractivity (Wildman–Crippen MR) is 130 cm³/mol. The Kier molecular flexibility index (Phi) is 6.89. The molecule has 2 aromatic carbocycles. The highest BCUT2D eigenvalue weighted by molar-refractivity contribution is 7.85. The van der Waals surface area contributed by atoms with Gasteiger partial charge in [0.25, 0.3) is 0 Å². The van der Waals surface area contributed by atoms with Gasteiger partial charge < -0.3 is 9.64 Å². The second-order valence-corrected chi connectivity index (χ2v) is 10.4. The molecule has 1 aliphatic rings. The lowest BCUT2D eigenvalue weighted by Gasteiger charge is -2.41. The maximum absolute atomic E-state index is 13.2. The van der Waals surface area contributed by atoms with Crippen LogP contribution in [0, 0.1) is 12.8 Å². The Labute approximate surface area is 206 Å². The lowest BCUT2D eigenvalue weighted by molar-refractivity contribution is -0.137. The summed E-state index contributed by atoms with van der Waals surface area (Å²) in [6.45, 7) is 2.69. The van der Waals surface area contributed by atoms with Crippen molar-refractivity contribution >= 4 is 39.0 Å². The summed E-state index contributed by atoms with van der Waals surface area (Å²) in [6, 6.07) is 10.5. The number of benzene rings is 2. The number of halogens is 3. The first kappa shape index (κ1) is 25.1. The molecule has 1 atom stereocenters. The summed E-state index contributed by atoms with van der Waals surface area (Å²) in [5, 5.41) is 5.89. The maximum Gasteiger partial charge on any atom is 0.416 e. The zero-order valence-electron chi connectivity index (χ0n) is 19.1. The van der Waals surface area contributed by atoms with Crippen LogP contribution in [0.2, 0.25) is 0 Å². The molecular weight excluding hydrogens is 501 g/mol. The number of hydrogen-bond donors (Lipinski definition) is 1. The Balaban J connectivity index is 1.44. The zero-order valence-corrected chi connectivity index (χ0v) is 20.8. The Morgan fingerprint density at radius 3 is 2.43 bits per heavy atom. The van der Waals surface area contributed by atoms with Crippen LogP contribution in [0.5, 0.6) is 5.75 Å². The van der Waals surface area contributed by atoms with Gasteiger partial charge in [-0.1, -0.05) is 23.5 Å². The van der Waals surface area contributed by atoms with E-state index in [-0.39, 0.29) is 11.8 Å². The highest BCUT2D eigenvalue weighted by Gasteiger charge is 2.36. The van der Waals surface area contributed by atoms with Crippen molar-refractivity contribution in [3.8, 4) is 16.9 Å². The monoisotopic (exact) mass is 524 g/mol. The Morgan fingerprint density at radius 2 is 1.89 bits per heavy atom. The van der Waals surface area contributed by atoms with Crippen LogP contribution in [-0.2, 0) is 22.0 Å². The van der Waals surface area contributed by atoms with Crippen LogP contribution in [0.4, 0.5) is 24.0 Å². The van der Waals surface area contributed by atoms with Crippen molar-refractivity contribution in [2.24, 2.45) is 11.1 Å². The number of ether oxygens (including phenoxy) is 1. The van der Waals surface area contributed by atoms with E-state index < -0.39 is 22.7 Å². The number of rotatable bonds is 6. The van der Waals surface area contributed by atoms with Gasteiger partial charge in [-0.05, 0) is 42.8 Å². The summed E-state index contributed by atoms with van der Waals surface area (Å²) in [6.07, 6.45) is -4.45. The minimum Gasteiger partial charge on any atom is -0.496 e. The molecule has 186 valence electrons.